The third-order valence-electron chi connectivity index (χ3n) is 5.15. The van der Waals surface area contributed by atoms with Crippen LogP contribution in [0.3, 0.4) is 0 Å². The number of hydrogen-bond donors (Lipinski definition) is 1. The highest BCUT2D eigenvalue weighted by Gasteiger charge is 2.23. The van der Waals surface area contributed by atoms with E-state index in [1.807, 2.05) is 30.2 Å². The summed E-state index contributed by atoms with van der Waals surface area (Å²) in [7, 11) is 1.86. The smallest absolute Gasteiger partial charge is 0.193 e. The molecule has 2 aliphatic rings. The lowest BCUT2D eigenvalue weighted by Crippen LogP contribution is -2.47. The van der Waals surface area contributed by atoms with Gasteiger partial charge in [0.1, 0.15) is 0 Å². The first-order chi connectivity index (χ1) is 12.8. The van der Waals surface area contributed by atoms with E-state index in [2.05, 4.69) is 20.3 Å². The van der Waals surface area contributed by atoms with Crippen LogP contribution < -0.4 is 5.32 Å². The van der Waals surface area contributed by atoms with Crippen molar-refractivity contribution >= 4 is 29.9 Å². The number of halogens is 1. The van der Waals surface area contributed by atoms with Crippen molar-refractivity contribution in [3.8, 4) is 0 Å². The number of rotatable bonds is 7. The van der Waals surface area contributed by atoms with Gasteiger partial charge in [-0.1, -0.05) is 0 Å². The van der Waals surface area contributed by atoms with Crippen LogP contribution in [0.2, 0.25) is 0 Å². The molecule has 0 saturated carbocycles. The Morgan fingerprint density at radius 1 is 1.30 bits per heavy atom. The minimum Gasteiger partial charge on any atom is -0.376 e. The second-order valence-corrected chi connectivity index (χ2v) is 7.11. The van der Waals surface area contributed by atoms with Gasteiger partial charge in [0.15, 0.2) is 5.96 Å². The topological polar surface area (TPSA) is 63.9 Å². The normalized spacial score (nSPS) is 21.7. The highest BCUT2D eigenvalue weighted by molar-refractivity contribution is 14.0. The first-order valence-corrected chi connectivity index (χ1v) is 10.0. The van der Waals surface area contributed by atoms with Gasteiger partial charge in [-0.3, -0.25) is 9.67 Å². The molecule has 0 radical (unpaired) electrons. The minimum atomic E-state index is 0. The number of aryl methyl sites for hydroxylation is 1. The number of guanidine groups is 1. The largest absolute Gasteiger partial charge is 0.376 e. The third-order valence-corrected chi connectivity index (χ3v) is 5.15. The van der Waals surface area contributed by atoms with Crippen molar-refractivity contribution in [3.63, 3.8) is 0 Å². The highest BCUT2D eigenvalue weighted by atomic mass is 127. The zero-order chi connectivity index (χ0) is 18.0. The maximum Gasteiger partial charge on any atom is 0.193 e. The van der Waals surface area contributed by atoms with Crippen LogP contribution in [0.4, 0.5) is 0 Å². The molecule has 2 aliphatic heterocycles. The van der Waals surface area contributed by atoms with Crippen LogP contribution in [0.25, 0.3) is 0 Å². The summed E-state index contributed by atoms with van der Waals surface area (Å²) in [5, 5.41) is 7.70. The molecule has 0 aromatic carbocycles. The number of piperidine rings is 1. The maximum atomic E-state index is 6.10. The molecule has 1 aromatic heterocycles. The Balaban J connectivity index is 0.00000261. The molecule has 3 heterocycles. The predicted octanol–water partition coefficient (Wildman–Crippen LogP) is 2.52. The SMILES string of the molecule is CN=C(NCCCn1cccn1)N1CCC(OCC2CCCCO2)CC1.I. The van der Waals surface area contributed by atoms with Gasteiger partial charge in [-0.25, -0.2) is 0 Å². The minimum absolute atomic E-state index is 0. The van der Waals surface area contributed by atoms with Crippen LogP contribution in [0, 0.1) is 0 Å². The van der Waals surface area contributed by atoms with Crippen molar-refractivity contribution < 1.29 is 9.47 Å². The average molecular weight is 491 g/mol. The Morgan fingerprint density at radius 3 is 2.81 bits per heavy atom. The van der Waals surface area contributed by atoms with Crippen LogP contribution in [0.1, 0.15) is 38.5 Å². The van der Waals surface area contributed by atoms with Gasteiger partial charge in [0.25, 0.3) is 0 Å². The second-order valence-electron chi connectivity index (χ2n) is 7.11. The molecule has 0 amide bonds. The fraction of sp³-hybridized carbons (Fsp3) is 0.789. The molecular weight excluding hydrogens is 457 g/mol. The van der Waals surface area contributed by atoms with Gasteiger partial charge in [0.05, 0.1) is 18.8 Å². The number of nitrogens with zero attached hydrogens (tertiary/aromatic N) is 4. The van der Waals surface area contributed by atoms with Gasteiger partial charge in [0.2, 0.25) is 0 Å². The van der Waals surface area contributed by atoms with Crippen LogP contribution in [-0.2, 0) is 16.0 Å². The van der Waals surface area contributed by atoms with Crippen molar-refractivity contribution in [1.29, 1.82) is 0 Å². The standard InChI is InChI=1S/C19H33N5O2.HI/c1-20-19(21-9-4-11-24-12-5-10-22-24)23-13-7-17(8-14-23)26-16-18-6-2-3-15-25-18;/h5,10,12,17-18H,2-4,6-9,11,13-16H2,1H3,(H,20,21);1H. The fourth-order valence-corrected chi connectivity index (χ4v) is 3.62. The molecule has 7 nitrogen and oxygen atoms in total. The summed E-state index contributed by atoms with van der Waals surface area (Å²) in [6.45, 7) is 5.47. The van der Waals surface area contributed by atoms with E-state index in [0.717, 1.165) is 71.0 Å². The molecular formula is C19H34IN5O2. The van der Waals surface area contributed by atoms with E-state index in [1.54, 1.807) is 0 Å². The summed E-state index contributed by atoms with van der Waals surface area (Å²) in [4.78, 5) is 6.78. The van der Waals surface area contributed by atoms with E-state index < -0.39 is 0 Å². The average Bonchev–Trinajstić information content (AvgIpc) is 3.21. The van der Waals surface area contributed by atoms with Gasteiger partial charge in [-0.2, -0.15) is 5.10 Å². The van der Waals surface area contributed by atoms with Crippen molar-refractivity contribution in [2.45, 2.75) is 57.3 Å². The van der Waals surface area contributed by atoms with Crippen LogP contribution >= 0.6 is 24.0 Å². The number of likely N-dealkylation sites (tertiary alicyclic amines) is 1. The zero-order valence-corrected chi connectivity index (χ0v) is 18.7. The first kappa shape index (κ1) is 22.4. The van der Waals surface area contributed by atoms with Crippen molar-refractivity contribution in [2.24, 2.45) is 4.99 Å². The maximum absolute atomic E-state index is 6.10. The number of hydrogen-bond acceptors (Lipinski definition) is 4. The molecule has 0 spiro atoms. The Hall–Kier alpha value is -0.870. The summed E-state index contributed by atoms with van der Waals surface area (Å²) in [6.07, 6.45) is 11.2. The number of aromatic nitrogens is 2. The van der Waals surface area contributed by atoms with Crippen molar-refractivity contribution in [1.82, 2.24) is 20.0 Å². The summed E-state index contributed by atoms with van der Waals surface area (Å²) >= 11 is 0. The number of ether oxygens (including phenoxy) is 2. The second kappa shape index (κ2) is 12.6. The van der Waals surface area contributed by atoms with Crippen molar-refractivity contribution in [3.05, 3.63) is 18.5 Å². The monoisotopic (exact) mass is 491 g/mol. The van der Waals surface area contributed by atoms with Gasteiger partial charge in [-0.05, 0) is 44.6 Å². The van der Waals surface area contributed by atoms with E-state index in [1.165, 1.54) is 12.8 Å². The Kier molecular flexibility index (Phi) is 10.4. The molecule has 1 atom stereocenters. The third kappa shape index (κ3) is 7.57. The highest BCUT2D eigenvalue weighted by Crippen LogP contribution is 2.17. The van der Waals surface area contributed by atoms with Gasteiger partial charge < -0.3 is 19.7 Å². The molecule has 2 saturated heterocycles. The molecule has 1 N–H and O–H groups in total. The molecule has 2 fully saturated rings. The molecule has 154 valence electrons. The fourth-order valence-electron chi connectivity index (χ4n) is 3.62. The predicted molar refractivity (Wildman–Crippen MR) is 118 cm³/mol. The molecule has 1 unspecified atom stereocenters. The molecule has 27 heavy (non-hydrogen) atoms. The lowest BCUT2D eigenvalue weighted by Gasteiger charge is -2.35. The van der Waals surface area contributed by atoms with E-state index in [-0.39, 0.29) is 24.0 Å². The van der Waals surface area contributed by atoms with Crippen molar-refractivity contribution in [2.75, 3.05) is 39.9 Å². The van der Waals surface area contributed by atoms with Gasteiger partial charge in [-0.15, -0.1) is 24.0 Å². The quantitative estimate of drug-likeness (QED) is 0.275. The lowest BCUT2D eigenvalue weighted by atomic mass is 10.1. The van der Waals surface area contributed by atoms with Crippen LogP contribution in [0.15, 0.2) is 23.5 Å². The van der Waals surface area contributed by atoms with E-state index >= 15 is 0 Å². The van der Waals surface area contributed by atoms with E-state index in [0.29, 0.717) is 12.2 Å². The Labute approximate surface area is 179 Å². The summed E-state index contributed by atoms with van der Waals surface area (Å²) in [5.74, 6) is 1.000. The number of aliphatic imine (C=N–C) groups is 1. The Bertz CT molecular complexity index is 526. The van der Waals surface area contributed by atoms with E-state index in [9.17, 15) is 0 Å². The molecule has 3 rings (SSSR count). The molecule has 8 heteroatoms. The summed E-state index contributed by atoms with van der Waals surface area (Å²) in [5.41, 5.74) is 0. The Morgan fingerprint density at radius 2 is 2.15 bits per heavy atom. The summed E-state index contributed by atoms with van der Waals surface area (Å²) in [6, 6.07) is 1.96. The summed E-state index contributed by atoms with van der Waals surface area (Å²) < 4.78 is 13.8. The lowest BCUT2D eigenvalue weighted by molar-refractivity contribution is -0.0721. The van der Waals surface area contributed by atoms with Crippen LogP contribution in [-0.4, -0.2) is 72.7 Å². The van der Waals surface area contributed by atoms with Gasteiger partial charge >= 0.3 is 0 Å². The molecule has 0 bridgehead atoms. The van der Waals surface area contributed by atoms with E-state index in [4.69, 9.17) is 9.47 Å². The zero-order valence-electron chi connectivity index (χ0n) is 16.4. The molecule has 0 aliphatic carbocycles. The van der Waals surface area contributed by atoms with Crippen LogP contribution in [0.5, 0.6) is 0 Å². The van der Waals surface area contributed by atoms with Gasteiger partial charge in [0, 0.05) is 52.2 Å². The first-order valence-electron chi connectivity index (χ1n) is 10.0. The number of nitrogens with one attached hydrogen (secondary N) is 1. The molecule has 1 aromatic rings.